The van der Waals surface area contributed by atoms with Crippen molar-refractivity contribution in [1.29, 1.82) is 10.5 Å². The molecule has 7 N–H and O–H groups in total. The molecule has 89 heavy (non-hydrogen) atoms. The maximum absolute atomic E-state index is 13.4. The number of aliphatic hydroxyl groups excluding tert-OH is 2. The molecule has 6 aromatic carbocycles. The van der Waals surface area contributed by atoms with Crippen LogP contribution in [0.1, 0.15) is 60.4 Å². The predicted octanol–water partition coefficient (Wildman–Crippen LogP) is 6.63. The lowest BCUT2D eigenvalue weighted by molar-refractivity contribution is -0.141. The van der Waals surface area contributed by atoms with Gasteiger partial charge in [-0.25, -0.2) is 0 Å². The number of nitrogens with two attached hydrogens (primary N) is 1. The number of aliphatic hydroxyl groups is 2. The van der Waals surface area contributed by atoms with E-state index in [2.05, 4.69) is 17.5 Å². The van der Waals surface area contributed by atoms with Crippen molar-refractivity contribution in [2.75, 3.05) is 39.6 Å². The second kappa shape index (κ2) is 30.9. The van der Waals surface area contributed by atoms with Crippen molar-refractivity contribution >= 4 is 18.2 Å². The van der Waals surface area contributed by atoms with Crippen molar-refractivity contribution in [1.82, 2.24) is 14.5 Å². The molecule has 0 saturated carbocycles. The number of carbonyl (C=O) groups excluding carboxylic acids is 1. The number of carboxylic acid groups (broad SMARTS) is 2. The van der Waals surface area contributed by atoms with E-state index in [1.165, 1.54) is 9.13 Å². The Morgan fingerprint density at radius 1 is 0.573 bits per heavy atom. The lowest BCUT2D eigenvalue weighted by atomic mass is 10.1. The highest BCUT2D eigenvalue weighted by Gasteiger charge is 2.21. The molecular formula is C66H62N6O17. The Balaban J connectivity index is 0.000000209. The zero-order chi connectivity index (χ0) is 63.4. The Morgan fingerprint density at radius 2 is 1.04 bits per heavy atom. The van der Waals surface area contributed by atoms with Crippen LogP contribution in [0.15, 0.2) is 155 Å². The van der Waals surface area contributed by atoms with E-state index in [1.54, 1.807) is 134 Å². The molecule has 0 fully saturated rings. The number of aryl methyl sites for hydroxylation is 2. The molecule has 0 saturated heterocycles. The van der Waals surface area contributed by atoms with Crippen LogP contribution >= 0.6 is 0 Å². The van der Waals surface area contributed by atoms with Gasteiger partial charge < -0.3 is 64.1 Å². The highest BCUT2D eigenvalue weighted by Crippen LogP contribution is 2.35. The number of hydrogen-bond acceptors (Lipinski definition) is 19. The van der Waals surface area contributed by atoms with Gasteiger partial charge in [-0.15, -0.1) is 0 Å². The summed E-state index contributed by atoms with van der Waals surface area (Å²) in [5, 5.41) is 55.8. The van der Waals surface area contributed by atoms with Gasteiger partial charge in [0.15, 0.2) is 29.3 Å². The molecule has 0 amide bonds. The first-order chi connectivity index (χ1) is 43.1. The summed E-state index contributed by atoms with van der Waals surface area (Å²) in [6, 6.07) is 40.5. The Bertz CT molecular complexity index is 4060. The second-order valence-electron chi connectivity index (χ2n) is 19.9. The summed E-state index contributed by atoms with van der Waals surface area (Å²) in [5.74, 6) is 1.84. The van der Waals surface area contributed by atoms with Gasteiger partial charge >= 0.3 is 11.9 Å². The van der Waals surface area contributed by atoms with Crippen LogP contribution in [0.2, 0.25) is 0 Å². The van der Waals surface area contributed by atoms with E-state index < -0.39 is 37.2 Å². The first-order valence-corrected chi connectivity index (χ1v) is 27.7. The first kappa shape index (κ1) is 64.1. The summed E-state index contributed by atoms with van der Waals surface area (Å²) in [4.78, 5) is 59.4. The average Bonchev–Trinajstić information content (AvgIpc) is 1.83. The summed E-state index contributed by atoms with van der Waals surface area (Å²) < 4.78 is 49.7. The molecule has 0 aliphatic carbocycles. The summed E-state index contributed by atoms with van der Waals surface area (Å²) in [6.07, 6.45) is 4.09. The van der Waals surface area contributed by atoms with Crippen molar-refractivity contribution < 1.29 is 72.7 Å². The third-order valence-corrected chi connectivity index (χ3v) is 13.7. The zero-order valence-corrected chi connectivity index (χ0v) is 48.3. The molecule has 23 heteroatoms. The van der Waals surface area contributed by atoms with Crippen LogP contribution in [0.4, 0.5) is 0 Å². The number of nitrogens with one attached hydrogen (secondary N) is 1. The summed E-state index contributed by atoms with van der Waals surface area (Å²) in [6.45, 7) is 4.87. The van der Waals surface area contributed by atoms with Crippen molar-refractivity contribution in [3.05, 3.63) is 222 Å². The van der Waals surface area contributed by atoms with E-state index in [1.807, 2.05) is 26.0 Å². The standard InChI is InChI=1S/C33H31N3O8.C30H24N2O6.C3H7NO3/c1-21-12-25(17-35-27(18-37)33(39)40)30(43-19-23-5-2-4-22(13-23)16-34)15-29(21)44-20-24-6-3-9-36(32(24)38)26-7-8-28-31(14-26)42-11-10-41-28;1-20-12-24(17-33)28(37-18-22-5-2-4-21(13-22)16-31)15-27(20)38-19-23-6-3-9-32(30(23)34)25-7-8-26-29(14-25)36-11-10-35-26;4-2(1-5)3(6)7/h2-9,12-15,27,35,37H,10-11,17-20H2,1H3,(H,39,40);2-9,12-15,17H,10-11,18-19H2,1H3;2,5H,1,4H2,(H,6,7)/t27-;;2-/m1.1/s1. The fraction of sp³-hybridized carbons (Fsp3) is 0.227. The van der Waals surface area contributed by atoms with Crippen LogP contribution in [0.25, 0.3) is 11.4 Å². The topological polar surface area (TPSA) is 336 Å². The maximum Gasteiger partial charge on any atom is 0.323 e. The molecule has 0 bridgehead atoms. The summed E-state index contributed by atoms with van der Waals surface area (Å²) in [7, 11) is 0. The van der Waals surface area contributed by atoms with Gasteiger partial charge in [-0.05, 0) is 121 Å². The molecular weight excluding hydrogens is 1150 g/mol. The number of pyridine rings is 2. The maximum atomic E-state index is 13.4. The number of aliphatic carboxylic acids is 2. The molecule has 2 aliphatic heterocycles. The number of carbonyl (C=O) groups is 3. The Morgan fingerprint density at radius 3 is 1.49 bits per heavy atom. The van der Waals surface area contributed by atoms with Crippen molar-refractivity contribution in [2.24, 2.45) is 5.73 Å². The molecule has 2 atom stereocenters. The van der Waals surface area contributed by atoms with Gasteiger partial charge in [0.2, 0.25) is 0 Å². The van der Waals surface area contributed by atoms with Crippen LogP contribution in [0, 0.1) is 36.5 Å². The van der Waals surface area contributed by atoms with Crippen LogP contribution in [-0.2, 0) is 42.6 Å². The minimum absolute atomic E-state index is 0.0160. The van der Waals surface area contributed by atoms with Gasteiger partial charge in [0.05, 0.1) is 64.5 Å². The Hall–Kier alpha value is -11.0. The summed E-state index contributed by atoms with van der Waals surface area (Å²) in [5.41, 5.74) is 11.6. The molecule has 458 valence electrons. The first-order valence-electron chi connectivity index (χ1n) is 27.7. The van der Waals surface area contributed by atoms with E-state index in [9.17, 15) is 39.4 Å². The molecule has 10 rings (SSSR count). The number of rotatable bonds is 22. The second-order valence-corrected chi connectivity index (χ2v) is 19.9. The molecule has 0 radical (unpaired) electrons. The van der Waals surface area contributed by atoms with Gasteiger partial charge in [0, 0.05) is 48.8 Å². The SMILES string of the molecule is Cc1cc(C=O)c(OCc2cccc(C#N)c2)cc1OCc1cccn(-c2ccc3c(c2)OCCO3)c1=O.Cc1cc(CN[C@H](CO)C(=O)O)c(OCc2cccc(C#N)c2)cc1OCc1cccn(-c2ccc3c(c2)OCCO3)c1=O.N[C@H](CO)C(=O)O. The van der Waals surface area contributed by atoms with Gasteiger partial charge in [0.1, 0.15) is 87.9 Å². The zero-order valence-electron chi connectivity index (χ0n) is 48.3. The molecule has 0 unspecified atom stereocenters. The van der Waals surface area contributed by atoms with Gasteiger partial charge in [-0.3, -0.25) is 38.4 Å². The number of ether oxygens (including phenoxy) is 8. The van der Waals surface area contributed by atoms with Gasteiger partial charge in [-0.2, -0.15) is 10.5 Å². The minimum atomic E-state index is -1.18. The number of carboxylic acids is 2. The summed E-state index contributed by atoms with van der Waals surface area (Å²) >= 11 is 0. The molecule has 2 aromatic heterocycles. The number of aldehydes is 1. The number of benzene rings is 6. The van der Waals surface area contributed by atoms with Crippen molar-refractivity contribution in [3.63, 3.8) is 0 Å². The fourth-order valence-corrected chi connectivity index (χ4v) is 8.93. The number of fused-ring (bicyclic) bond motifs is 2. The van der Waals surface area contributed by atoms with Gasteiger partial charge in [-0.1, -0.05) is 24.3 Å². The number of nitrogens with zero attached hydrogens (tertiary/aromatic N) is 4. The van der Waals surface area contributed by atoms with Gasteiger partial charge in [0.25, 0.3) is 11.1 Å². The lowest BCUT2D eigenvalue weighted by Gasteiger charge is -2.19. The van der Waals surface area contributed by atoms with E-state index in [0.29, 0.717) is 117 Å². The van der Waals surface area contributed by atoms with Crippen LogP contribution in [0.5, 0.6) is 46.0 Å². The lowest BCUT2D eigenvalue weighted by Crippen LogP contribution is -2.39. The van der Waals surface area contributed by atoms with E-state index in [0.717, 1.165) is 28.5 Å². The smallest absolute Gasteiger partial charge is 0.323 e. The molecule has 0 spiro atoms. The van der Waals surface area contributed by atoms with Crippen LogP contribution in [-0.4, -0.2) is 99.5 Å². The third kappa shape index (κ3) is 16.9. The van der Waals surface area contributed by atoms with Crippen molar-refractivity contribution in [2.45, 2.75) is 58.9 Å². The van der Waals surface area contributed by atoms with Crippen LogP contribution in [0.3, 0.4) is 0 Å². The Labute approximate surface area is 510 Å². The van der Waals surface area contributed by atoms with Crippen LogP contribution < -0.4 is 60.1 Å². The third-order valence-electron chi connectivity index (χ3n) is 13.7. The molecule has 4 heterocycles. The normalized spacial score (nSPS) is 12.4. The predicted molar refractivity (Wildman–Crippen MR) is 321 cm³/mol. The molecule has 23 nitrogen and oxygen atoms in total. The number of hydrogen-bond donors (Lipinski definition) is 6. The number of aromatic nitrogens is 2. The monoisotopic (exact) mass is 1210 g/mol. The van der Waals surface area contributed by atoms with E-state index >= 15 is 0 Å². The molecule has 2 aliphatic rings. The highest BCUT2D eigenvalue weighted by molar-refractivity contribution is 5.80. The number of nitriles is 2. The largest absolute Gasteiger partial charge is 0.488 e. The average molecular weight is 1210 g/mol. The Kier molecular flexibility index (Phi) is 22.3. The fourth-order valence-electron chi connectivity index (χ4n) is 8.93. The minimum Gasteiger partial charge on any atom is -0.488 e. The van der Waals surface area contributed by atoms with Crippen molar-refractivity contribution in [3.8, 4) is 69.5 Å². The van der Waals surface area contributed by atoms with E-state index in [-0.39, 0.29) is 44.1 Å². The van der Waals surface area contributed by atoms with E-state index in [4.69, 9.17) is 59.1 Å². The highest BCUT2D eigenvalue weighted by atomic mass is 16.6. The molecule has 8 aromatic rings. The quantitative estimate of drug-likeness (QED) is 0.0388.